The van der Waals surface area contributed by atoms with Gasteiger partial charge in [0.05, 0.1) is 15.6 Å². The largest absolute Gasteiger partial charge is 0.478 e. The van der Waals surface area contributed by atoms with Crippen LogP contribution in [0.4, 0.5) is 0 Å². The highest BCUT2D eigenvalue weighted by molar-refractivity contribution is 7.12. The topological polar surface area (TPSA) is 50.2 Å². The summed E-state index contributed by atoms with van der Waals surface area (Å²) in [6.45, 7) is 4.17. The highest BCUT2D eigenvalue weighted by Crippen LogP contribution is 2.43. The van der Waals surface area contributed by atoms with E-state index < -0.39 is 5.97 Å². The van der Waals surface area contributed by atoms with Gasteiger partial charge < -0.3 is 5.11 Å². The van der Waals surface area contributed by atoms with Gasteiger partial charge in [-0.05, 0) is 24.8 Å². The third-order valence-corrected chi connectivity index (χ3v) is 3.75. The van der Waals surface area contributed by atoms with Crippen molar-refractivity contribution in [3.8, 4) is 0 Å². The Labute approximate surface area is 98.8 Å². The van der Waals surface area contributed by atoms with E-state index in [0.717, 1.165) is 10.6 Å². The molecule has 4 heteroatoms. The van der Waals surface area contributed by atoms with Crippen LogP contribution in [0.5, 0.6) is 0 Å². The summed E-state index contributed by atoms with van der Waals surface area (Å²) in [5, 5.41) is 9.80. The highest BCUT2D eigenvalue weighted by atomic mass is 32.1. The van der Waals surface area contributed by atoms with Crippen LogP contribution in [0, 0.1) is 0 Å². The molecule has 1 aromatic heterocycles. The van der Waals surface area contributed by atoms with Gasteiger partial charge in [-0.2, -0.15) is 0 Å². The standard InChI is InChI=1S/C12H15NO2S/c1-7(2)11-9(5-6-10(14)15)16-12(13-11)8-3-4-8/h5-8H,3-4H2,1-2H3,(H,14,15)/b6-5+. The molecule has 1 heterocycles. The predicted octanol–water partition coefficient (Wildman–Crippen LogP) is 3.24. The number of hydrogen-bond acceptors (Lipinski definition) is 3. The molecular weight excluding hydrogens is 222 g/mol. The maximum atomic E-state index is 10.5. The molecule has 0 aliphatic heterocycles. The normalized spacial score (nSPS) is 16.2. The minimum Gasteiger partial charge on any atom is -0.478 e. The van der Waals surface area contributed by atoms with Gasteiger partial charge >= 0.3 is 5.97 Å². The van der Waals surface area contributed by atoms with E-state index in [1.54, 1.807) is 17.4 Å². The van der Waals surface area contributed by atoms with Crippen molar-refractivity contribution in [2.45, 2.75) is 38.5 Å². The van der Waals surface area contributed by atoms with E-state index in [-0.39, 0.29) is 0 Å². The molecule has 2 rings (SSSR count). The third-order valence-electron chi connectivity index (χ3n) is 2.55. The first-order valence-corrected chi connectivity index (χ1v) is 6.31. The monoisotopic (exact) mass is 237 g/mol. The van der Waals surface area contributed by atoms with Crippen LogP contribution < -0.4 is 0 Å². The zero-order chi connectivity index (χ0) is 11.7. The molecule has 0 amide bonds. The summed E-state index contributed by atoms with van der Waals surface area (Å²) < 4.78 is 0. The summed E-state index contributed by atoms with van der Waals surface area (Å²) in [5.74, 6) is 0.0720. The van der Waals surface area contributed by atoms with Crippen LogP contribution in [0.2, 0.25) is 0 Å². The van der Waals surface area contributed by atoms with E-state index in [0.29, 0.717) is 11.8 Å². The maximum absolute atomic E-state index is 10.5. The first-order valence-electron chi connectivity index (χ1n) is 5.49. The fraction of sp³-hybridized carbons (Fsp3) is 0.500. The zero-order valence-electron chi connectivity index (χ0n) is 9.43. The van der Waals surface area contributed by atoms with Gasteiger partial charge in [-0.1, -0.05) is 13.8 Å². The lowest BCUT2D eigenvalue weighted by Crippen LogP contribution is -1.91. The molecule has 0 aromatic carbocycles. The molecule has 0 spiro atoms. The fourth-order valence-corrected chi connectivity index (χ4v) is 2.84. The van der Waals surface area contributed by atoms with Crippen molar-refractivity contribution in [2.24, 2.45) is 0 Å². The molecule has 0 radical (unpaired) electrons. The molecule has 0 unspecified atom stereocenters. The van der Waals surface area contributed by atoms with Crippen LogP contribution in [0.25, 0.3) is 6.08 Å². The van der Waals surface area contributed by atoms with Crippen molar-refractivity contribution in [3.63, 3.8) is 0 Å². The smallest absolute Gasteiger partial charge is 0.328 e. The number of aliphatic carboxylic acids is 1. The summed E-state index contributed by atoms with van der Waals surface area (Å²) in [4.78, 5) is 16.1. The van der Waals surface area contributed by atoms with Gasteiger partial charge in [-0.3, -0.25) is 0 Å². The second kappa shape index (κ2) is 4.37. The molecule has 1 fully saturated rings. The lowest BCUT2D eigenvalue weighted by molar-refractivity contribution is -0.131. The maximum Gasteiger partial charge on any atom is 0.328 e. The number of nitrogens with zero attached hydrogens (tertiary/aromatic N) is 1. The summed E-state index contributed by atoms with van der Waals surface area (Å²) in [5.41, 5.74) is 1.03. The van der Waals surface area contributed by atoms with Gasteiger partial charge in [0.1, 0.15) is 0 Å². The van der Waals surface area contributed by atoms with Crippen molar-refractivity contribution >= 4 is 23.4 Å². The van der Waals surface area contributed by atoms with Crippen LogP contribution in [0.1, 0.15) is 54.1 Å². The van der Waals surface area contributed by atoms with Crippen LogP contribution in [-0.2, 0) is 4.79 Å². The summed E-state index contributed by atoms with van der Waals surface area (Å²) in [7, 11) is 0. The zero-order valence-corrected chi connectivity index (χ0v) is 10.3. The van der Waals surface area contributed by atoms with Crippen molar-refractivity contribution in [2.75, 3.05) is 0 Å². The highest BCUT2D eigenvalue weighted by Gasteiger charge is 2.28. The van der Waals surface area contributed by atoms with Crippen molar-refractivity contribution < 1.29 is 9.90 Å². The number of hydrogen-bond donors (Lipinski definition) is 1. The molecule has 1 aliphatic carbocycles. The second-order valence-electron chi connectivity index (χ2n) is 4.40. The molecule has 1 aliphatic rings. The summed E-state index contributed by atoms with van der Waals surface area (Å²) in [6, 6.07) is 0. The van der Waals surface area contributed by atoms with Crippen molar-refractivity contribution in [3.05, 3.63) is 21.7 Å². The van der Waals surface area contributed by atoms with Gasteiger partial charge in [-0.15, -0.1) is 11.3 Å². The molecule has 1 N–H and O–H groups in total. The number of carboxylic acids is 1. The van der Waals surface area contributed by atoms with Crippen LogP contribution in [-0.4, -0.2) is 16.1 Å². The average Bonchev–Trinajstić information content (AvgIpc) is 2.95. The van der Waals surface area contributed by atoms with Gasteiger partial charge in [-0.25, -0.2) is 9.78 Å². The Morgan fingerprint density at radius 2 is 2.25 bits per heavy atom. The Morgan fingerprint density at radius 1 is 1.56 bits per heavy atom. The van der Waals surface area contributed by atoms with Gasteiger partial charge in [0.25, 0.3) is 0 Å². The number of carbonyl (C=O) groups is 1. The molecule has 3 nitrogen and oxygen atoms in total. The summed E-state index contributed by atoms with van der Waals surface area (Å²) >= 11 is 1.64. The Kier molecular flexibility index (Phi) is 3.10. The number of rotatable bonds is 4. The third kappa shape index (κ3) is 2.50. The van der Waals surface area contributed by atoms with Gasteiger partial charge in [0.15, 0.2) is 0 Å². The van der Waals surface area contributed by atoms with Gasteiger partial charge in [0.2, 0.25) is 0 Å². The molecule has 1 aromatic rings. The van der Waals surface area contributed by atoms with E-state index in [1.807, 2.05) is 0 Å². The quantitative estimate of drug-likeness (QED) is 0.818. The predicted molar refractivity (Wildman–Crippen MR) is 64.8 cm³/mol. The Morgan fingerprint density at radius 3 is 2.75 bits per heavy atom. The molecule has 0 atom stereocenters. The van der Waals surface area contributed by atoms with Crippen LogP contribution >= 0.6 is 11.3 Å². The fourth-order valence-electron chi connectivity index (χ4n) is 1.55. The molecule has 86 valence electrons. The van der Waals surface area contributed by atoms with E-state index in [1.165, 1.54) is 23.9 Å². The lowest BCUT2D eigenvalue weighted by atomic mass is 10.1. The van der Waals surface area contributed by atoms with E-state index in [4.69, 9.17) is 5.11 Å². The van der Waals surface area contributed by atoms with E-state index >= 15 is 0 Å². The first kappa shape index (κ1) is 11.3. The number of aromatic nitrogens is 1. The Hall–Kier alpha value is -1.16. The Balaban J connectivity index is 2.29. The van der Waals surface area contributed by atoms with Gasteiger partial charge in [0, 0.05) is 12.0 Å². The second-order valence-corrected chi connectivity index (χ2v) is 5.46. The molecule has 16 heavy (non-hydrogen) atoms. The minimum absolute atomic E-state index is 0.345. The molecule has 0 bridgehead atoms. The SMILES string of the molecule is CC(C)c1nc(C2CC2)sc1/C=C/C(=O)O. The molecule has 0 saturated heterocycles. The number of carboxylic acid groups (broad SMARTS) is 1. The summed E-state index contributed by atoms with van der Waals surface area (Å²) in [6.07, 6.45) is 5.32. The van der Waals surface area contributed by atoms with E-state index in [2.05, 4.69) is 18.8 Å². The van der Waals surface area contributed by atoms with Crippen molar-refractivity contribution in [1.29, 1.82) is 0 Å². The lowest BCUT2D eigenvalue weighted by Gasteiger charge is -2.00. The minimum atomic E-state index is -0.906. The average molecular weight is 237 g/mol. The molecular formula is C12H15NO2S. The first-order chi connectivity index (χ1) is 7.58. The Bertz CT molecular complexity index is 430. The van der Waals surface area contributed by atoms with Crippen LogP contribution in [0.3, 0.4) is 0 Å². The molecule has 1 saturated carbocycles. The van der Waals surface area contributed by atoms with Crippen LogP contribution in [0.15, 0.2) is 6.08 Å². The van der Waals surface area contributed by atoms with E-state index in [9.17, 15) is 4.79 Å². The number of thiazole rings is 1. The van der Waals surface area contributed by atoms with Crippen molar-refractivity contribution in [1.82, 2.24) is 4.98 Å².